The lowest BCUT2D eigenvalue weighted by Gasteiger charge is -2.45. The smallest absolute Gasteiger partial charge is 0.252 e. The first-order valence-electron chi connectivity index (χ1n) is 11.2. The van der Waals surface area contributed by atoms with Gasteiger partial charge in [0.15, 0.2) is 0 Å². The van der Waals surface area contributed by atoms with E-state index < -0.39 is 10.8 Å². The average molecular weight is 472 g/mol. The lowest BCUT2D eigenvalue weighted by atomic mass is 9.62. The van der Waals surface area contributed by atoms with Gasteiger partial charge in [0.05, 0.1) is 17.2 Å². The summed E-state index contributed by atoms with van der Waals surface area (Å²) in [7, 11) is -0.927. The van der Waals surface area contributed by atoms with Crippen molar-refractivity contribution < 1.29 is 18.8 Å². The molecule has 2 aliphatic carbocycles. The van der Waals surface area contributed by atoms with E-state index in [4.69, 9.17) is 21.4 Å². The van der Waals surface area contributed by atoms with Crippen LogP contribution >= 0.6 is 11.6 Å². The Balaban J connectivity index is 0.00000341. The van der Waals surface area contributed by atoms with Crippen LogP contribution in [0.15, 0.2) is 18.2 Å². The Kier molecular flexibility index (Phi) is 10.8. The zero-order chi connectivity index (χ0) is 21.4. The number of hydrogen-bond acceptors (Lipinski definition) is 4. The van der Waals surface area contributed by atoms with Crippen molar-refractivity contribution >= 4 is 28.3 Å². The topological polar surface area (TPSA) is 75.6 Å². The molecule has 5 nitrogen and oxygen atoms in total. The van der Waals surface area contributed by atoms with Crippen LogP contribution in [0.1, 0.15) is 75.6 Å². The van der Waals surface area contributed by atoms with Crippen molar-refractivity contribution in [1.29, 1.82) is 0 Å². The van der Waals surface area contributed by atoms with E-state index in [0.717, 1.165) is 12.5 Å². The number of ether oxygens (including phenoxy) is 1. The Morgan fingerprint density at radius 2 is 1.94 bits per heavy atom. The minimum absolute atomic E-state index is 0. The fourth-order valence-electron chi connectivity index (χ4n) is 4.94. The molecule has 0 radical (unpaired) electrons. The molecule has 2 bridgehead atoms. The molecule has 1 unspecified atom stereocenters. The fraction of sp³-hybridized carbons (Fsp3) is 0.708. The van der Waals surface area contributed by atoms with Gasteiger partial charge in [-0.1, -0.05) is 44.7 Å². The van der Waals surface area contributed by atoms with Crippen molar-refractivity contribution in [2.75, 3.05) is 31.3 Å². The number of nitrogens with one attached hydrogen (secondary N) is 1. The molecule has 2 fully saturated rings. The molecular formula is C24H38ClNO4S. The molecule has 0 spiro atoms. The third-order valence-corrected chi connectivity index (χ3v) is 8.30. The molecule has 1 amide bonds. The number of aliphatic hydroxyl groups excluding tert-OH is 1. The van der Waals surface area contributed by atoms with Crippen molar-refractivity contribution in [3.8, 4) is 5.75 Å². The molecule has 1 atom stereocenters. The second-order valence-corrected chi connectivity index (χ2v) is 10.9. The first-order valence-corrected chi connectivity index (χ1v) is 13.0. The Morgan fingerprint density at radius 1 is 1.23 bits per heavy atom. The van der Waals surface area contributed by atoms with Crippen LogP contribution in [0.25, 0.3) is 0 Å². The van der Waals surface area contributed by atoms with Crippen LogP contribution in [0.2, 0.25) is 5.02 Å². The van der Waals surface area contributed by atoms with Gasteiger partial charge in [-0.05, 0) is 61.6 Å². The summed E-state index contributed by atoms with van der Waals surface area (Å²) < 4.78 is 17.5. The van der Waals surface area contributed by atoms with Crippen molar-refractivity contribution in [2.24, 2.45) is 11.3 Å². The van der Waals surface area contributed by atoms with Crippen LogP contribution in [-0.4, -0.2) is 46.5 Å². The molecule has 3 rings (SSSR count). The number of amides is 1. The van der Waals surface area contributed by atoms with E-state index in [1.165, 1.54) is 44.9 Å². The molecule has 0 saturated heterocycles. The summed E-state index contributed by atoms with van der Waals surface area (Å²) >= 11 is 6.29. The summed E-state index contributed by atoms with van der Waals surface area (Å²) in [4.78, 5) is 12.8. The van der Waals surface area contributed by atoms with Gasteiger partial charge in [-0.15, -0.1) is 0 Å². The third kappa shape index (κ3) is 7.76. The predicted molar refractivity (Wildman–Crippen MR) is 128 cm³/mol. The first kappa shape index (κ1) is 26.1. The number of benzene rings is 1. The zero-order valence-corrected chi connectivity index (χ0v) is 19.2. The minimum atomic E-state index is -0.927. The molecule has 2 N–H and O–H groups in total. The largest absolute Gasteiger partial charge is 0.494 e. The molecular weight excluding hydrogens is 434 g/mol. The number of hydrogen-bond donors (Lipinski definition) is 2. The quantitative estimate of drug-likeness (QED) is 0.447. The van der Waals surface area contributed by atoms with Crippen LogP contribution < -0.4 is 10.1 Å². The molecule has 1 aromatic rings. The monoisotopic (exact) mass is 471 g/mol. The van der Waals surface area contributed by atoms with Gasteiger partial charge in [-0.3, -0.25) is 9.00 Å². The summed E-state index contributed by atoms with van der Waals surface area (Å²) in [5.41, 5.74) is 0.712. The van der Waals surface area contributed by atoms with E-state index >= 15 is 0 Å². The second kappa shape index (κ2) is 12.8. The zero-order valence-electron chi connectivity index (χ0n) is 17.7. The lowest BCUT2D eigenvalue weighted by molar-refractivity contribution is 0.0681. The lowest BCUT2D eigenvalue weighted by Crippen LogP contribution is -2.43. The Morgan fingerprint density at radius 3 is 2.65 bits per heavy atom. The molecule has 0 aromatic heterocycles. The highest BCUT2D eigenvalue weighted by Crippen LogP contribution is 2.48. The van der Waals surface area contributed by atoms with Crippen LogP contribution in [0.3, 0.4) is 0 Å². The maximum Gasteiger partial charge on any atom is 0.252 e. The summed E-state index contributed by atoms with van der Waals surface area (Å²) in [5.74, 6) is 2.35. The molecule has 176 valence electrons. The molecule has 1 aromatic carbocycles. The SMILES string of the molecule is C.O=C(NCC12CCCC(CCC1)C2)c1cc(OCCCS(=O)CCCO)ccc1Cl. The molecule has 0 aliphatic heterocycles. The highest BCUT2D eigenvalue weighted by Gasteiger charge is 2.39. The molecule has 2 saturated carbocycles. The normalized spacial score (nSPS) is 23.5. The number of carbonyl (C=O) groups excluding carboxylic acids is 1. The van der Waals surface area contributed by atoms with Gasteiger partial charge in [0.25, 0.3) is 5.91 Å². The van der Waals surface area contributed by atoms with Crippen molar-refractivity contribution in [1.82, 2.24) is 5.32 Å². The van der Waals surface area contributed by atoms with E-state index in [1.54, 1.807) is 18.2 Å². The van der Waals surface area contributed by atoms with Crippen molar-refractivity contribution in [3.05, 3.63) is 28.8 Å². The Bertz CT molecular complexity index is 732. The van der Waals surface area contributed by atoms with Gasteiger partial charge in [0.1, 0.15) is 5.75 Å². The predicted octanol–water partition coefficient (Wildman–Crippen LogP) is 4.97. The maximum atomic E-state index is 12.8. The number of carbonyl (C=O) groups is 1. The van der Waals surface area contributed by atoms with Crippen LogP contribution in [0, 0.1) is 11.3 Å². The van der Waals surface area contributed by atoms with Crippen LogP contribution in [0.5, 0.6) is 5.75 Å². The summed E-state index contributed by atoms with van der Waals surface area (Å²) in [6.07, 6.45) is 10.1. The van der Waals surface area contributed by atoms with E-state index in [9.17, 15) is 9.00 Å². The molecule has 7 heteroatoms. The number of aliphatic hydroxyl groups is 1. The van der Waals surface area contributed by atoms with E-state index in [2.05, 4.69) is 5.32 Å². The van der Waals surface area contributed by atoms with Gasteiger partial charge in [0.2, 0.25) is 0 Å². The van der Waals surface area contributed by atoms with E-state index in [0.29, 0.717) is 47.3 Å². The van der Waals surface area contributed by atoms with Gasteiger partial charge < -0.3 is 15.2 Å². The van der Waals surface area contributed by atoms with Gasteiger partial charge in [0, 0.05) is 35.5 Å². The van der Waals surface area contributed by atoms with Gasteiger partial charge in [-0.2, -0.15) is 0 Å². The van der Waals surface area contributed by atoms with E-state index in [1.807, 2.05) is 0 Å². The Hall–Kier alpha value is -1.11. The number of fused-ring (bicyclic) bond motifs is 2. The second-order valence-electron chi connectivity index (χ2n) is 8.81. The van der Waals surface area contributed by atoms with Crippen LogP contribution in [0.4, 0.5) is 0 Å². The highest BCUT2D eigenvalue weighted by molar-refractivity contribution is 7.84. The number of halogens is 1. The summed E-state index contributed by atoms with van der Waals surface area (Å²) in [6.45, 7) is 1.22. The average Bonchev–Trinajstić information content (AvgIpc) is 2.75. The van der Waals surface area contributed by atoms with Crippen molar-refractivity contribution in [3.63, 3.8) is 0 Å². The van der Waals surface area contributed by atoms with Gasteiger partial charge in [-0.25, -0.2) is 0 Å². The highest BCUT2D eigenvalue weighted by atomic mass is 35.5. The number of rotatable bonds is 11. The minimum Gasteiger partial charge on any atom is -0.494 e. The van der Waals surface area contributed by atoms with Crippen LogP contribution in [-0.2, 0) is 10.8 Å². The Labute approximate surface area is 194 Å². The first-order chi connectivity index (χ1) is 14.5. The van der Waals surface area contributed by atoms with Gasteiger partial charge >= 0.3 is 0 Å². The molecule has 0 heterocycles. The molecule has 31 heavy (non-hydrogen) atoms. The fourth-order valence-corrected chi connectivity index (χ4v) is 6.24. The molecule has 2 aliphatic rings. The van der Waals surface area contributed by atoms with Crippen molar-refractivity contribution in [2.45, 2.75) is 65.2 Å². The summed E-state index contributed by atoms with van der Waals surface area (Å²) in [6, 6.07) is 5.15. The standard InChI is InChI=1S/C23H34ClNO4S.CH4/c24-21-8-7-19(29-12-4-14-30(28)13-3-11-26)15-20(21)22(27)25-17-23-9-1-5-18(16-23)6-2-10-23;/h7-8,15,18,26H,1-6,9-14,16-17H2,(H,25,27);1H4. The van der Waals surface area contributed by atoms with E-state index in [-0.39, 0.29) is 25.4 Å². The maximum absolute atomic E-state index is 12.8. The third-order valence-electron chi connectivity index (χ3n) is 6.48. The summed E-state index contributed by atoms with van der Waals surface area (Å²) in [5, 5.41) is 12.3.